The SMILES string of the molecule is CN(C)c1cccc(Oc2nccnc2C(N)=S)c1. The molecule has 5 nitrogen and oxygen atoms in total. The van der Waals surface area contributed by atoms with Crippen LogP contribution in [0, 0.1) is 0 Å². The molecule has 0 unspecified atom stereocenters. The normalized spacial score (nSPS) is 10.0. The summed E-state index contributed by atoms with van der Waals surface area (Å²) in [4.78, 5) is 10.3. The molecule has 2 N–H and O–H groups in total. The summed E-state index contributed by atoms with van der Waals surface area (Å²) in [5.41, 5.74) is 7.00. The van der Waals surface area contributed by atoms with E-state index in [0.29, 0.717) is 17.3 Å². The third-order valence-corrected chi connectivity index (χ3v) is 2.64. The highest BCUT2D eigenvalue weighted by molar-refractivity contribution is 7.80. The fourth-order valence-corrected chi connectivity index (χ4v) is 1.65. The first-order chi connectivity index (χ1) is 9.08. The predicted molar refractivity (Wildman–Crippen MR) is 78.8 cm³/mol. The van der Waals surface area contributed by atoms with E-state index in [1.54, 1.807) is 0 Å². The van der Waals surface area contributed by atoms with Gasteiger partial charge in [0.05, 0.1) is 0 Å². The molecule has 0 aliphatic heterocycles. The molecule has 1 heterocycles. The molecule has 0 spiro atoms. The Morgan fingerprint density at radius 1 is 1.26 bits per heavy atom. The maximum Gasteiger partial charge on any atom is 0.248 e. The van der Waals surface area contributed by atoms with Crippen molar-refractivity contribution in [2.24, 2.45) is 5.73 Å². The van der Waals surface area contributed by atoms with Gasteiger partial charge >= 0.3 is 0 Å². The molecule has 0 fully saturated rings. The second-order valence-corrected chi connectivity index (χ2v) is 4.51. The molecule has 2 rings (SSSR count). The number of ether oxygens (including phenoxy) is 1. The van der Waals surface area contributed by atoms with Crippen LogP contribution >= 0.6 is 12.2 Å². The number of hydrogen-bond acceptors (Lipinski definition) is 5. The van der Waals surface area contributed by atoms with E-state index in [2.05, 4.69) is 9.97 Å². The lowest BCUT2D eigenvalue weighted by atomic mass is 10.3. The summed E-state index contributed by atoms with van der Waals surface area (Å²) in [5.74, 6) is 0.968. The van der Waals surface area contributed by atoms with Gasteiger partial charge in [-0.1, -0.05) is 18.3 Å². The minimum atomic E-state index is 0.159. The molecule has 0 radical (unpaired) electrons. The van der Waals surface area contributed by atoms with Crippen LogP contribution in [-0.2, 0) is 0 Å². The zero-order valence-electron chi connectivity index (χ0n) is 10.7. The molecule has 1 aromatic carbocycles. The number of nitrogens with two attached hydrogens (primary N) is 1. The Kier molecular flexibility index (Phi) is 3.91. The second kappa shape index (κ2) is 5.62. The van der Waals surface area contributed by atoms with Crippen LogP contribution in [0.2, 0.25) is 0 Å². The minimum Gasteiger partial charge on any atom is -0.437 e. The Hall–Kier alpha value is -2.21. The average molecular weight is 274 g/mol. The van der Waals surface area contributed by atoms with Gasteiger partial charge in [-0.3, -0.25) is 0 Å². The number of rotatable bonds is 4. The van der Waals surface area contributed by atoms with Gasteiger partial charge in [0.15, 0.2) is 5.69 Å². The van der Waals surface area contributed by atoms with Gasteiger partial charge in [0, 0.05) is 38.2 Å². The van der Waals surface area contributed by atoms with Crippen LogP contribution in [-0.4, -0.2) is 29.1 Å². The van der Waals surface area contributed by atoms with Crippen molar-refractivity contribution in [2.45, 2.75) is 0 Å². The molecule has 0 saturated carbocycles. The van der Waals surface area contributed by atoms with Crippen molar-refractivity contribution in [3.05, 3.63) is 42.4 Å². The molecule has 0 aliphatic carbocycles. The van der Waals surface area contributed by atoms with Crippen LogP contribution in [0.25, 0.3) is 0 Å². The molecular formula is C13H14N4OS. The Morgan fingerprint density at radius 3 is 2.68 bits per heavy atom. The lowest BCUT2D eigenvalue weighted by Crippen LogP contribution is -2.13. The molecule has 0 atom stereocenters. The predicted octanol–water partition coefficient (Wildman–Crippen LogP) is 1.97. The smallest absolute Gasteiger partial charge is 0.248 e. The van der Waals surface area contributed by atoms with Crippen LogP contribution in [0.5, 0.6) is 11.6 Å². The lowest BCUT2D eigenvalue weighted by molar-refractivity contribution is 0.459. The van der Waals surface area contributed by atoms with Crippen molar-refractivity contribution >= 4 is 22.9 Å². The maximum atomic E-state index is 5.69. The average Bonchev–Trinajstić information content (AvgIpc) is 2.39. The first-order valence-electron chi connectivity index (χ1n) is 5.64. The van der Waals surface area contributed by atoms with Crippen LogP contribution in [0.3, 0.4) is 0 Å². The number of benzene rings is 1. The summed E-state index contributed by atoms with van der Waals surface area (Å²) in [7, 11) is 3.92. The van der Waals surface area contributed by atoms with Crippen molar-refractivity contribution in [3.8, 4) is 11.6 Å². The van der Waals surface area contributed by atoms with Crippen LogP contribution in [0.4, 0.5) is 5.69 Å². The van der Waals surface area contributed by atoms with Gasteiger partial charge in [-0.05, 0) is 12.1 Å². The Balaban J connectivity index is 2.31. The summed E-state index contributed by atoms with van der Waals surface area (Å²) >= 11 is 4.92. The summed E-state index contributed by atoms with van der Waals surface area (Å²) in [6.45, 7) is 0. The number of nitrogens with zero attached hydrogens (tertiary/aromatic N) is 3. The summed E-state index contributed by atoms with van der Waals surface area (Å²) in [5, 5.41) is 0. The number of aromatic nitrogens is 2. The third kappa shape index (κ3) is 3.17. The maximum absolute atomic E-state index is 5.69. The van der Waals surface area contributed by atoms with E-state index in [0.717, 1.165) is 5.69 Å². The molecule has 0 amide bonds. The van der Waals surface area contributed by atoms with Gasteiger partial charge in [0.2, 0.25) is 5.88 Å². The molecule has 2 aromatic rings. The monoisotopic (exact) mass is 274 g/mol. The van der Waals surface area contributed by atoms with Crippen LogP contribution < -0.4 is 15.4 Å². The molecule has 6 heteroatoms. The van der Waals surface area contributed by atoms with Gasteiger partial charge in [-0.25, -0.2) is 9.97 Å². The highest BCUT2D eigenvalue weighted by Crippen LogP contribution is 2.25. The topological polar surface area (TPSA) is 64.3 Å². The molecular weight excluding hydrogens is 260 g/mol. The largest absolute Gasteiger partial charge is 0.437 e. The number of anilines is 1. The highest BCUT2D eigenvalue weighted by Gasteiger charge is 2.10. The number of hydrogen-bond donors (Lipinski definition) is 1. The molecule has 1 aromatic heterocycles. The molecule has 0 aliphatic rings. The van der Waals surface area contributed by atoms with E-state index in [-0.39, 0.29) is 4.99 Å². The molecule has 0 saturated heterocycles. The molecule has 0 bridgehead atoms. The zero-order valence-corrected chi connectivity index (χ0v) is 11.5. The van der Waals surface area contributed by atoms with E-state index >= 15 is 0 Å². The Morgan fingerprint density at radius 2 is 2.00 bits per heavy atom. The van der Waals surface area contributed by atoms with Gasteiger partial charge < -0.3 is 15.4 Å². The third-order valence-electron chi connectivity index (χ3n) is 2.45. The molecule has 98 valence electrons. The van der Waals surface area contributed by atoms with Crippen molar-refractivity contribution in [2.75, 3.05) is 19.0 Å². The van der Waals surface area contributed by atoms with Gasteiger partial charge in [0.1, 0.15) is 10.7 Å². The van der Waals surface area contributed by atoms with E-state index in [4.69, 9.17) is 22.7 Å². The first-order valence-corrected chi connectivity index (χ1v) is 6.05. The standard InChI is InChI=1S/C13H14N4OS/c1-17(2)9-4-3-5-10(8-9)18-13-11(12(14)19)15-6-7-16-13/h3-8H,1-2H3,(H2,14,19). The fourth-order valence-electron chi connectivity index (χ4n) is 1.51. The zero-order chi connectivity index (χ0) is 13.8. The van der Waals surface area contributed by atoms with Crippen molar-refractivity contribution in [1.82, 2.24) is 9.97 Å². The quantitative estimate of drug-likeness (QED) is 0.860. The van der Waals surface area contributed by atoms with E-state index in [1.807, 2.05) is 43.3 Å². The van der Waals surface area contributed by atoms with Gasteiger partial charge in [0.25, 0.3) is 0 Å². The Bertz CT molecular complexity index is 601. The van der Waals surface area contributed by atoms with E-state index in [9.17, 15) is 0 Å². The van der Waals surface area contributed by atoms with Crippen LogP contribution in [0.1, 0.15) is 5.69 Å². The summed E-state index contributed by atoms with van der Waals surface area (Å²) in [6, 6.07) is 7.63. The van der Waals surface area contributed by atoms with E-state index < -0.39 is 0 Å². The van der Waals surface area contributed by atoms with Gasteiger partial charge in [-0.2, -0.15) is 0 Å². The Labute approximate surface area is 117 Å². The summed E-state index contributed by atoms with van der Waals surface area (Å²) in [6.07, 6.45) is 3.06. The van der Waals surface area contributed by atoms with Gasteiger partial charge in [-0.15, -0.1) is 0 Å². The second-order valence-electron chi connectivity index (χ2n) is 4.07. The van der Waals surface area contributed by atoms with Crippen LogP contribution in [0.15, 0.2) is 36.7 Å². The van der Waals surface area contributed by atoms with E-state index in [1.165, 1.54) is 12.4 Å². The van der Waals surface area contributed by atoms with Crippen molar-refractivity contribution < 1.29 is 4.74 Å². The molecule has 19 heavy (non-hydrogen) atoms. The summed E-state index contributed by atoms with van der Waals surface area (Å²) < 4.78 is 5.69. The minimum absolute atomic E-state index is 0.159. The fraction of sp³-hybridized carbons (Fsp3) is 0.154. The lowest BCUT2D eigenvalue weighted by Gasteiger charge is -2.14. The first kappa shape index (κ1) is 13.2. The van der Waals surface area contributed by atoms with Crippen molar-refractivity contribution in [3.63, 3.8) is 0 Å². The van der Waals surface area contributed by atoms with Crippen molar-refractivity contribution in [1.29, 1.82) is 0 Å². The number of thiocarbonyl (C=S) groups is 1. The highest BCUT2D eigenvalue weighted by atomic mass is 32.1.